The molecule has 3 aromatic carbocycles. The van der Waals surface area contributed by atoms with Crippen LogP contribution < -0.4 is 4.74 Å². The van der Waals surface area contributed by atoms with Gasteiger partial charge in [0, 0.05) is 47.0 Å². The van der Waals surface area contributed by atoms with E-state index < -0.39 is 0 Å². The van der Waals surface area contributed by atoms with Crippen molar-refractivity contribution < 1.29 is 4.74 Å². The summed E-state index contributed by atoms with van der Waals surface area (Å²) in [6, 6.07) is 28.0. The molecule has 42 heavy (non-hydrogen) atoms. The number of ether oxygens (including phenoxy) is 1. The van der Waals surface area contributed by atoms with Crippen LogP contribution in [0.5, 0.6) is 11.5 Å². The fourth-order valence-electron chi connectivity index (χ4n) is 6.04. The average molecular weight is 553 g/mol. The minimum Gasteiger partial charge on any atom is -0.457 e. The van der Waals surface area contributed by atoms with Crippen LogP contribution in [-0.2, 0) is 5.41 Å². The predicted octanol–water partition coefficient (Wildman–Crippen LogP) is 9.00. The lowest BCUT2D eigenvalue weighted by Crippen LogP contribution is -2.39. The molecule has 0 amide bonds. The molecule has 210 valence electrons. The maximum absolute atomic E-state index is 6.54. The minimum atomic E-state index is 0.0248. The van der Waals surface area contributed by atoms with Crippen molar-refractivity contribution in [2.24, 2.45) is 0 Å². The Morgan fingerprint density at radius 1 is 0.810 bits per heavy atom. The van der Waals surface area contributed by atoms with E-state index in [1.807, 2.05) is 12.3 Å². The molecular formula is C37H36N4O. The maximum Gasteiger partial charge on any atom is 0.137 e. The van der Waals surface area contributed by atoms with Crippen molar-refractivity contribution in [3.63, 3.8) is 0 Å². The van der Waals surface area contributed by atoms with Gasteiger partial charge >= 0.3 is 0 Å². The Morgan fingerprint density at radius 3 is 2.45 bits per heavy atom. The summed E-state index contributed by atoms with van der Waals surface area (Å²) in [5, 5.41) is 2.38. The zero-order chi connectivity index (χ0) is 29.0. The van der Waals surface area contributed by atoms with Crippen molar-refractivity contribution in [2.75, 3.05) is 0 Å². The van der Waals surface area contributed by atoms with Gasteiger partial charge in [-0.1, -0.05) is 57.2 Å². The van der Waals surface area contributed by atoms with Crippen LogP contribution in [0.15, 0.2) is 116 Å². The molecule has 0 radical (unpaired) electrons. The van der Waals surface area contributed by atoms with Crippen LogP contribution in [0.3, 0.4) is 0 Å². The molecule has 2 aliphatic rings. The number of allylic oxidation sites excluding steroid dienone is 2. The molecule has 5 heteroatoms. The van der Waals surface area contributed by atoms with Gasteiger partial charge in [0.15, 0.2) is 0 Å². The number of para-hydroxylation sites is 1. The molecule has 0 fully saturated rings. The molecule has 1 unspecified atom stereocenters. The first-order valence-electron chi connectivity index (χ1n) is 14.7. The van der Waals surface area contributed by atoms with Gasteiger partial charge in [-0.3, -0.25) is 4.57 Å². The number of hydrogen-bond acceptors (Lipinski definition) is 4. The largest absolute Gasteiger partial charge is 0.457 e. The first-order chi connectivity index (χ1) is 20.3. The van der Waals surface area contributed by atoms with E-state index >= 15 is 0 Å². The molecule has 0 spiro atoms. The Bertz CT molecular complexity index is 1900. The van der Waals surface area contributed by atoms with Crippen molar-refractivity contribution >= 4 is 27.5 Å². The fraction of sp³-hybridized carbons (Fsp3) is 0.216. The zero-order valence-corrected chi connectivity index (χ0v) is 24.8. The van der Waals surface area contributed by atoms with Gasteiger partial charge in [0.05, 0.1) is 16.7 Å². The number of benzene rings is 3. The molecule has 5 aromatic rings. The molecule has 2 aromatic heterocycles. The Morgan fingerprint density at radius 2 is 1.62 bits per heavy atom. The summed E-state index contributed by atoms with van der Waals surface area (Å²) < 4.78 is 8.79. The van der Waals surface area contributed by atoms with Crippen LogP contribution in [0.1, 0.15) is 45.7 Å². The number of rotatable bonds is 5. The molecule has 0 saturated carbocycles. The van der Waals surface area contributed by atoms with Gasteiger partial charge < -0.3 is 14.5 Å². The Hall–Kier alpha value is -4.77. The lowest BCUT2D eigenvalue weighted by atomic mass is 9.88. The van der Waals surface area contributed by atoms with Crippen molar-refractivity contribution in [3.05, 3.63) is 127 Å². The third-order valence-electron chi connectivity index (χ3n) is 8.23. The second kappa shape index (κ2) is 9.95. The van der Waals surface area contributed by atoms with Crippen LogP contribution in [0.25, 0.3) is 33.3 Å². The molecular weight excluding hydrogens is 516 g/mol. The lowest BCUT2D eigenvalue weighted by Gasteiger charge is -2.33. The zero-order valence-electron chi connectivity index (χ0n) is 24.8. The summed E-state index contributed by atoms with van der Waals surface area (Å²) >= 11 is 0. The highest BCUT2D eigenvalue weighted by atomic mass is 16.5. The van der Waals surface area contributed by atoms with E-state index in [4.69, 9.17) is 9.72 Å². The van der Waals surface area contributed by atoms with E-state index in [0.717, 1.165) is 33.9 Å². The van der Waals surface area contributed by atoms with Crippen molar-refractivity contribution in [2.45, 2.75) is 52.2 Å². The third-order valence-corrected chi connectivity index (χ3v) is 8.23. The Labute approximate surface area is 247 Å². The number of pyridine rings is 1. The molecule has 1 atom stereocenters. The van der Waals surface area contributed by atoms with Crippen LogP contribution >= 0.6 is 0 Å². The van der Waals surface area contributed by atoms with Gasteiger partial charge in [-0.05, 0) is 79.4 Å². The number of hydrogen-bond donors (Lipinski definition) is 0. The average Bonchev–Trinajstić information content (AvgIpc) is 3.53. The first kappa shape index (κ1) is 26.1. The number of aromatic nitrogens is 2. The summed E-state index contributed by atoms with van der Waals surface area (Å²) in [4.78, 5) is 9.52. The SMILES string of the molecule is CC(C)N1C=C(c2cccc(Oc3ccc4c5ccccc5n(-c5cc(C(C)(C)C)ccn5)c4c3)c2)N2C=CC=CC21. The van der Waals surface area contributed by atoms with Gasteiger partial charge in [-0.25, -0.2) is 4.98 Å². The van der Waals surface area contributed by atoms with Gasteiger partial charge in [0.25, 0.3) is 0 Å². The van der Waals surface area contributed by atoms with Gasteiger partial charge in [0.2, 0.25) is 0 Å². The number of fused-ring (bicyclic) bond motifs is 4. The second-order valence-corrected chi connectivity index (χ2v) is 12.4. The molecule has 4 heterocycles. The van der Waals surface area contributed by atoms with E-state index in [0.29, 0.717) is 6.04 Å². The Balaban J connectivity index is 1.28. The summed E-state index contributed by atoms with van der Waals surface area (Å²) in [5.41, 5.74) is 5.77. The molecule has 0 aliphatic carbocycles. The molecule has 5 nitrogen and oxygen atoms in total. The Kier molecular flexibility index (Phi) is 6.19. The van der Waals surface area contributed by atoms with Gasteiger partial charge in [-0.15, -0.1) is 0 Å². The fourth-order valence-corrected chi connectivity index (χ4v) is 6.04. The summed E-state index contributed by atoms with van der Waals surface area (Å²) in [5.74, 6) is 2.51. The van der Waals surface area contributed by atoms with Crippen molar-refractivity contribution in [1.82, 2.24) is 19.4 Å². The summed E-state index contributed by atoms with van der Waals surface area (Å²) in [6.07, 6.45) is 13.0. The molecule has 0 N–H and O–H groups in total. The molecule has 0 saturated heterocycles. The molecule has 2 aliphatic heterocycles. The van der Waals surface area contributed by atoms with E-state index in [2.05, 4.69) is 152 Å². The van der Waals surface area contributed by atoms with Crippen LogP contribution in [0.4, 0.5) is 0 Å². The summed E-state index contributed by atoms with van der Waals surface area (Å²) in [7, 11) is 0. The first-order valence-corrected chi connectivity index (χ1v) is 14.7. The van der Waals surface area contributed by atoms with Gasteiger partial charge in [0.1, 0.15) is 23.5 Å². The maximum atomic E-state index is 6.54. The minimum absolute atomic E-state index is 0.0248. The third kappa shape index (κ3) is 4.46. The van der Waals surface area contributed by atoms with E-state index in [-0.39, 0.29) is 11.6 Å². The van der Waals surface area contributed by atoms with E-state index in [1.165, 1.54) is 22.0 Å². The highest BCUT2D eigenvalue weighted by Gasteiger charge is 2.32. The monoisotopic (exact) mass is 552 g/mol. The highest BCUT2D eigenvalue weighted by molar-refractivity contribution is 6.09. The van der Waals surface area contributed by atoms with Crippen molar-refractivity contribution in [3.8, 4) is 17.3 Å². The summed E-state index contributed by atoms with van der Waals surface area (Å²) in [6.45, 7) is 11.2. The lowest BCUT2D eigenvalue weighted by molar-refractivity contribution is 0.203. The van der Waals surface area contributed by atoms with Crippen LogP contribution in [0, 0.1) is 0 Å². The smallest absolute Gasteiger partial charge is 0.137 e. The topological polar surface area (TPSA) is 33.5 Å². The highest BCUT2D eigenvalue weighted by Crippen LogP contribution is 2.38. The second-order valence-electron chi connectivity index (χ2n) is 12.4. The normalized spacial score (nSPS) is 16.5. The predicted molar refractivity (Wildman–Crippen MR) is 173 cm³/mol. The molecule has 0 bridgehead atoms. The quantitative estimate of drug-likeness (QED) is 0.218. The van der Waals surface area contributed by atoms with Crippen LogP contribution in [0.2, 0.25) is 0 Å². The number of nitrogens with zero attached hydrogens (tertiary/aromatic N) is 4. The van der Waals surface area contributed by atoms with Crippen molar-refractivity contribution in [1.29, 1.82) is 0 Å². The van der Waals surface area contributed by atoms with Crippen LogP contribution in [-0.4, -0.2) is 31.6 Å². The van der Waals surface area contributed by atoms with Gasteiger partial charge in [-0.2, -0.15) is 0 Å². The van der Waals surface area contributed by atoms with E-state index in [9.17, 15) is 0 Å². The van der Waals surface area contributed by atoms with E-state index in [1.54, 1.807) is 0 Å². The standard InChI is InChI=1S/C37H36N4O/c1-25(2)40-24-34(39-20-9-8-15-36(39)40)26-11-10-12-28(21-26)42-29-16-17-31-30-13-6-7-14-32(30)41(33(31)23-29)35-22-27(18-19-38-35)37(3,4)5/h6-25,36H,1-5H3. The molecule has 7 rings (SSSR count).